The van der Waals surface area contributed by atoms with Gasteiger partial charge in [-0.15, -0.1) is 0 Å². The van der Waals surface area contributed by atoms with Gasteiger partial charge in [-0.1, -0.05) is 12.1 Å². The van der Waals surface area contributed by atoms with E-state index in [0.29, 0.717) is 34.0 Å². The van der Waals surface area contributed by atoms with Gasteiger partial charge in [0.25, 0.3) is 0 Å². The van der Waals surface area contributed by atoms with Crippen LogP contribution in [0.25, 0.3) is 11.0 Å². The van der Waals surface area contributed by atoms with Gasteiger partial charge in [0.1, 0.15) is 17.1 Å². The van der Waals surface area contributed by atoms with Crippen molar-refractivity contribution in [3.63, 3.8) is 0 Å². The molecule has 118 valence electrons. The largest absolute Gasteiger partial charge is 0.497 e. The minimum absolute atomic E-state index is 0.146. The van der Waals surface area contributed by atoms with Crippen LogP contribution < -0.4 is 19.6 Å². The number of hydrogen-bond donors (Lipinski definition) is 0. The molecule has 0 saturated carbocycles. The van der Waals surface area contributed by atoms with Crippen LogP contribution in [0, 0.1) is 6.92 Å². The van der Waals surface area contributed by atoms with Gasteiger partial charge in [-0.05, 0) is 31.2 Å². The van der Waals surface area contributed by atoms with E-state index < -0.39 is 0 Å². The van der Waals surface area contributed by atoms with Gasteiger partial charge in [0.2, 0.25) is 11.2 Å². The second kappa shape index (κ2) is 6.04. The molecule has 0 spiro atoms. The highest BCUT2D eigenvalue weighted by Gasteiger charge is 2.16. The first-order chi connectivity index (χ1) is 11.1. The first-order valence-corrected chi connectivity index (χ1v) is 7.06. The third-order valence-corrected chi connectivity index (χ3v) is 3.50. The number of ether oxygens (including phenoxy) is 3. The standard InChI is InChI=1S/C18H16O5/c1-11-18(23-15-7-5-4-6-14(15)21-3)17(19)13-9-8-12(20-2)10-16(13)22-11/h4-10H,1-3H3. The monoisotopic (exact) mass is 312 g/mol. The number of para-hydroxylation sites is 2. The smallest absolute Gasteiger partial charge is 0.235 e. The van der Waals surface area contributed by atoms with Gasteiger partial charge in [-0.25, -0.2) is 0 Å². The lowest BCUT2D eigenvalue weighted by Crippen LogP contribution is -2.07. The average molecular weight is 312 g/mol. The van der Waals surface area contributed by atoms with E-state index in [-0.39, 0.29) is 11.2 Å². The van der Waals surface area contributed by atoms with E-state index in [1.165, 1.54) is 0 Å². The summed E-state index contributed by atoms with van der Waals surface area (Å²) < 4.78 is 21.9. The minimum Gasteiger partial charge on any atom is -0.497 e. The SMILES string of the molecule is COc1ccc2c(=O)c(Oc3ccccc3OC)c(C)oc2c1. The van der Waals surface area contributed by atoms with Crippen LogP contribution in [0.15, 0.2) is 51.7 Å². The summed E-state index contributed by atoms with van der Waals surface area (Å²) in [6.07, 6.45) is 0. The van der Waals surface area contributed by atoms with E-state index in [2.05, 4.69) is 0 Å². The molecule has 3 rings (SSSR count). The van der Waals surface area contributed by atoms with Gasteiger partial charge in [-0.2, -0.15) is 0 Å². The molecule has 1 aromatic heterocycles. The molecule has 0 atom stereocenters. The summed E-state index contributed by atoms with van der Waals surface area (Å²) >= 11 is 0. The fourth-order valence-corrected chi connectivity index (χ4v) is 2.33. The number of methoxy groups -OCH3 is 2. The molecule has 0 radical (unpaired) electrons. The zero-order chi connectivity index (χ0) is 16.4. The molecule has 0 N–H and O–H groups in total. The number of aryl methyl sites for hydroxylation is 1. The fraction of sp³-hybridized carbons (Fsp3) is 0.167. The molecule has 0 fully saturated rings. The van der Waals surface area contributed by atoms with Crippen LogP contribution in [-0.2, 0) is 0 Å². The summed E-state index contributed by atoms with van der Waals surface area (Å²) in [5.74, 6) is 2.16. The zero-order valence-electron chi connectivity index (χ0n) is 13.1. The van der Waals surface area contributed by atoms with Crippen LogP contribution in [-0.4, -0.2) is 14.2 Å². The van der Waals surface area contributed by atoms with Crippen molar-refractivity contribution >= 4 is 11.0 Å². The maximum atomic E-state index is 12.7. The van der Waals surface area contributed by atoms with Crippen molar-refractivity contribution in [2.24, 2.45) is 0 Å². The maximum absolute atomic E-state index is 12.7. The summed E-state index contributed by atoms with van der Waals surface area (Å²) in [6, 6.07) is 12.2. The Balaban J connectivity index is 2.13. The second-order valence-electron chi connectivity index (χ2n) is 4.93. The van der Waals surface area contributed by atoms with Crippen LogP contribution >= 0.6 is 0 Å². The van der Waals surface area contributed by atoms with Gasteiger partial charge in [0, 0.05) is 6.07 Å². The zero-order valence-corrected chi connectivity index (χ0v) is 13.1. The van der Waals surface area contributed by atoms with Crippen molar-refractivity contribution < 1.29 is 18.6 Å². The first-order valence-electron chi connectivity index (χ1n) is 7.06. The maximum Gasteiger partial charge on any atom is 0.235 e. The molecule has 0 bridgehead atoms. The van der Waals surface area contributed by atoms with Crippen LogP contribution in [0.2, 0.25) is 0 Å². The average Bonchev–Trinajstić information content (AvgIpc) is 2.58. The van der Waals surface area contributed by atoms with E-state index in [0.717, 1.165) is 0 Å². The Bertz CT molecular complexity index is 911. The van der Waals surface area contributed by atoms with Gasteiger partial charge in [0.15, 0.2) is 11.5 Å². The Kier molecular flexibility index (Phi) is 3.93. The van der Waals surface area contributed by atoms with Gasteiger partial charge < -0.3 is 18.6 Å². The Morgan fingerprint density at radius 2 is 1.70 bits per heavy atom. The molecule has 5 nitrogen and oxygen atoms in total. The van der Waals surface area contributed by atoms with Crippen molar-refractivity contribution in [2.45, 2.75) is 6.92 Å². The van der Waals surface area contributed by atoms with Gasteiger partial charge in [0.05, 0.1) is 19.6 Å². The summed E-state index contributed by atoms with van der Waals surface area (Å²) in [6.45, 7) is 1.69. The molecule has 3 aromatic rings. The normalized spacial score (nSPS) is 10.6. The van der Waals surface area contributed by atoms with E-state index in [1.54, 1.807) is 57.5 Å². The molecular weight excluding hydrogens is 296 g/mol. The Labute approximate surface area is 133 Å². The van der Waals surface area contributed by atoms with Crippen LogP contribution in [0.4, 0.5) is 0 Å². The number of fused-ring (bicyclic) bond motifs is 1. The highest BCUT2D eigenvalue weighted by molar-refractivity contribution is 5.79. The predicted octanol–water partition coefficient (Wildman–Crippen LogP) is 3.91. The number of benzene rings is 2. The van der Waals surface area contributed by atoms with Crippen molar-refractivity contribution in [3.8, 4) is 23.0 Å². The van der Waals surface area contributed by atoms with Crippen LogP contribution in [0.5, 0.6) is 23.0 Å². The second-order valence-corrected chi connectivity index (χ2v) is 4.93. The summed E-state index contributed by atoms with van der Waals surface area (Å²) in [7, 11) is 3.11. The predicted molar refractivity (Wildman–Crippen MR) is 86.8 cm³/mol. The van der Waals surface area contributed by atoms with E-state index in [4.69, 9.17) is 18.6 Å². The molecule has 0 aliphatic carbocycles. The van der Waals surface area contributed by atoms with Crippen LogP contribution in [0.1, 0.15) is 5.76 Å². The van der Waals surface area contributed by atoms with Crippen molar-refractivity contribution in [3.05, 3.63) is 58.4 Å². The van der Waals surface area contributed by atoms with E-state index in [9.17, 15) is 4.79 Å². The molecule has 0 unspecified atom stereocenters. The molecule has 2 aromatic carbocycles. The van der Waals surface area contributed by atoms with Gasteiger partial charge in [-0.3, -0.25) is 4.79 Å². The molecule has 5 heteroatoms. The van der Waals surface area contributed by atoms with E-state index in [1.807, 2.05) is 6.07 Å². The molecule has 0 amide bonds. The topological polar surface area (TPSA) is 57.9 Å². The lowest BCUT2D eigenvalue weighted by Gasteiger charge is -2.11. The van der Waals surface area contributed by atoms with E-state index >= 15 is 0 Å². The van der Waals surface area contributed by atoms with Crippen molar-refractivity contribution in [2.75, 3.05) is 14.2 Å². The molecule has 0 aliphatic heterocycles. The summed E-state index contributed by atoms with van der Waals surface area (Å²) in [4.78, 5) is 12.7. The molecule has 23 heavy (non-hydrogen) atoms. The Hall–Kier alpha value is -2.95. The molecule has 0 aliphatic rings. The lowest BCUT2D eigenvalue weighted by atomic mass is 10.2. The quantitative estimate of drug-likeness (QED) is 0.731. The first kappa shape index (κ1) is 15.0. The summed E-state index contributed by atoms with van der Waals surface area (Å²) in [5.41, 5.74) is 0.219. The van der Waals surface area contributed by atoms with Crippen molar-refractivity contribution in [1.29, 1.82) is 0 Å². The fourth-order valence-electron chi connectivity index (χ4n) is 2.33. The van der Waals surface area contributed by atoms with Crippen molar-refractivity contribution in [1.82, 2.24) is 0 Å². The highest BCUT2D eigenvalue weighted by Crippen LogP contribution is 2.32. The third-order valence-electron chi connectivity index (χ3n) is 3.50. The minimum atomic E-state index is -0.239. The molecule has 1 heterocycles. The Morgan fingerprint density at radius 1 is 0.957 bits per heavy atom. The Morgan fingerprint density at radius 3 is 2.39 bits per heavy atom. The van der Waals surface area contributed by atoms with Gasteiger partial charge >= 0.3 is 0 Å². The molecule has 0 saturated heterocycles. The lowest BCUT2D eigenvalue weighted by molar-refractivity contribution is 0.370. The number of rotatable bonds is 4. The third kappa shape index (κ3) is 2.73. The highest BCUT2D eigenvalue weighted by atomic mass is 16.5. The van der Waals surface area contributed by atoms with Crippen LogP contribution in [0.3, 0.4) is 0 Å². The number of hydrogen-bond acceptors (Lipinski definition) is 5. The molecular formula is C18H16O5. The summed E-state index contributed by atoms with van der Waals surface area (Å²) in [5, 5.41) is 0.432.